The van der Waals surface area contributed by atoms with Gasteiger partial charge >= 0.3 is 0 Å². The molecular formula is C15H24ClN3O4S. The molecule has 7 nitrogen and oxygen atoms in total. The highest BCUT2D eigenvalue weighted by atomic mass is 35.5. The van der Waals surface area contributed by atoms with Crippen molar-refractivity contribution in [3.05, 3.63) is 29.8 Å². The molecule has 0 aliphatic heterocycles. The summed E-state index contributed by atoms with van der Waals surface area (Å²) in [4.78, 5) is 23.0. The number of carbonyl (C=O) groups excluding carboxylic acids is 2. The maximum absolute atomic E-state index is 12.3. The minimum Gasteiger partial charge on any atom is -0.369 e. The van der Waals surface area contributed by atoms with Crippen LogP contribution in [0.1, 0.15) is 31.1 Å². The van der Waals surface area contributed by atoms with Gasteiger partial charge < -0.3 is 16.8 Å². The fourth-order valence-electron chi connectivity index (χ4n) is 1.85. The number of carbonyl (C=O) groups is 2. The Kier molecular flexibility index (Phi) is 7.88. The van der Waals surface area contributed by atoms with Crippen molar-refractivity contribution in [2.24, 2.45) is 17.4 Å². The van der Waals surface area contributed by atoms with E-state index < -0.39 is 27.0 Å². The average molecular weight is 378 g/mol. The monoisotopic (exact) mass is 377 g/mol. The van der Waals surface area contributed by atoms with Crippen LogP contribution in [0.5, 0.6) is 0 Å². The van der Waals surface area contributed by atoms with Crippen molar-refractivity contribution in [3.8, 4) is 0 Å². The van der Waals surface area contributed by atoms with E-state index >= 15 is 0 Å². The first kappa shape index (κ1) is 22.4. The molecule has 9 heteroatoms. The molecule has 1 rings (SSSR count). The number of sulfone groups is 1. The predicted molar refractivity (Wildman–Crippen MR) is 94.7 cm³/mol. The van der Waals surface area contributed by atoms with Gasteiger partial charge in [0.05, 0.1) is 10.4 Å². The highest BCUT2D eigenvalue weighted by Crippen LogP contribution is 2.17. The van der Waals surface area contributed by atoms with Gasteiger partial charge in [-0.3, -0.25) is 9.59 Å². The normalized spacial score (nSPS) is 13.7. The molecule has 0 aliphatic carbocycles. The van der Waals surface area contributed by atoms with Crippen LogP contribution in [0.15, 0.2) is 29.2 Å². The van der Waals surface area contributed by atoms with E-state index in [2.05, 4.69) is 5.32 Å². The van der Waals surface area contributed by atoms with E-state index in [1.54, 1.807) is 0 Å². The first-order valence-corrected chi connectivity index (χ1v) is 8.81. The lowest BCUT2D eigenvalue weighted by Crippen LogP contribution is -2.55. The molecule has 136 valence electrons. The Morgan fingerprint density at radius 3 is 2.08 bits per heavy atom. The van der Waals surface area contributed by atoms with Crippen LogP contribution in [-0.4, -0.2) is 38.1 Å². The van der Waals surface area contributed by atoms with Gasteiger partial charge in [-0.05, 0) is 37.1 Å². The molecule has 1 unspecified atom stereocenters. The van der Waals surface area contributed by atoms with E-state index in [-0.39, 0.29) is 35.7 Å². The van der Waals surface area contributed by atoms with Crippen molar-refractivity contribution < 1.29 is 18.0 Å². The smallest absolute Gasteiger partial charge is 0.251 e. The van der Waals surface area contributed by atoms with Crippen molar-refractivity contribution >= 4 is 34.1 Å². The van der Waals surface area contributed by atoms with Crippen LogP contribution in [-0.2, 0) is 14.6 Å². The first-order valence-electron chi connectivity index (χ1n) is 7.15. The summed E-state index contributed by atoms with van der Waals surface area (Å²) in [6, 6.07) is 5.34. The van der Waals surface area contributed by atoms with Gasteiger partial charge in [0.15, 0.2) is 9.84 Å². The number of primary amides is 1. The Balaban J connectivity index is 0.00000529. The van der Waals surface area contributed by atoms with Crippen molar-refractivity contribution in [2.45, 2.75) is 31.2 Å². The SMILES string of the molecule is CC(C)C(C)(CN)NC(=O)c1ccc(S(=O)(=O)CC(N)=O)cc1.Cl. The Labute approximate surface area is 148 Å². The molecule has 1 aromatic rings. The molecule has 0 fully saturated rings. The zero-order valence-corrected chi connectivity index (χ0v) is 15.5. The second-order valence-electron chi connectivity index (χ2n) is 5.98. The molecule has 2 amide bonds. The van der Waals surface area contributed by atoms with E-state index in [0.29, 0.717) is 5.56 Å². The molecule has 0 radical (unpaired) electrons. The van der Waals surface area contributed by atoms with Crippen LogP contribution in [0, 0.1) is 5.92 Å². The molecule has 0 saturated heterocycles. The summed E-state index contributed by atoms with van der Waals surface area (Å²) in [5.41, 5.74) is 10.4. The van der Waals surface area contributed by atoms with Gasteiger partial charge in [-0.15, -0.1) is 12.4 Å². The van der Waals surface area contributed by atoms with Gasteiger partial charge in [0.1, 0.15) is 5.75 Å². The summed E-state index contributed by atoms with van der Waals surface area (Å²) in [5, 5.41) is 2.86. The van der Waals surface area contributed by atoms with E-state index in [1.165, 1.54) is 24.3 Å². The van der Waals surface area contributed by atoms with E-state index in [9.17, 15) is 18.0 Å². The fourth-order valence-corrected chi connectivity index (χ4v) is 2.94. The molecule has 0 aliphatic rings. The quantitative estimate of drug-likeness (QED) is 0.635. The third-order valence-corrected chi connectivity index (χ3v) is 5.56. The third-order valence-electron chi connectivity index (χ3n) is 3.91. The van der Waals surface area contributed by atoms with Gasteiger partial charge in [0, 0.05) is 12.1 Å². The van der Waals surface area contributed by atoms with Gasteiger partial charge in [0.2, 0.25) is 5.91 Å². The molecule has 5 N–H and O–H groups in total. The van der Waals surface area contributed by atoms with Crippen LogP contribution in [0.3, 0.4) is 0 Å². The summed E-state index contributed by atoms with van der Waals surface area (Å²) in [6.45, 7) is 6.03. The average Bonchev–Trinajstić information content (AvgIpc) is 2.45. The van der Waals surface area contributed by atoms with Gasteiger partial charge in [-0.1, -0.05) is 13.8 Å². The summed E-state index contributed by atoms with van der Waals surface area (Å²) < 4.78 is 23.7. The minimum absolute atomic E-state index is 0. The second kappa shape index (κ2) is 8.46. The first-order chi connectivity index (χ1) is 10.5. The fraction of sp³-hybridized carbons (Fsp3) is 0.467. The van der Waals surface area contributed by atoms with Crippen LogP contribution in [0.4, 0.5) is 0 Å². The number of amides is 2. The van der Waals surface area contributed by atoms with Gasteiger partial charge in [0.25, 0.3) is 5.91 Å². The number of nitrogens with one attached hydrogen (secondary N) is 1. The zero-order chi connectivity index (χ0) is 17.8. The molecule has 0 bridgehead atoms. The number of benzene rings is 1. The lowest BCUT2D eigenvalue weighted by atomic mass is 9.88. The maximum atomic E-state index is 12.3. The molecule has 24 heavy (non-hydrogen) atoms. The zero-order valence-electron chi connectivity index (χ0n) is 13.9. The number of rotatable bonds is 7. The molecule has 1 aromatic carbocycles. The predicted octanol–water partition coefficient (Wildman–Crippen LogP) is 0.471. The summed E-state index contributed by atoms with van der Waals surface area (Å²) in [7, 11) is -3.78. The van der Waals surface area contributed by atoms with Crippen LogP contribution < -0.4 is 16.8 Å². The van der Waals surface area contributed by atoms with Crippen LogP contribution in [0.25, 0.3) is 0 Å². The summed E-state index contributed by atoms with van der Waals surface area (Å²) in [6.07, 6.45) is 0. The number of halogens is 1. The third kappa shape index (κ3) is 5.47. The van der Waals surface area contributed by atoms with Crippen molar-refractivity contribution in [3.63, 3.8) is 0 Å². The lowest BCUT2D eigenvalue weighted by Gasteiger charge is -2.33. The van der Waals surface area contributed by atoms with Gasteiger partial charge in [-0.2, -0.15) is 0 Å². The summed E-state index contributed by atoms with van der Waals surface area (Å²) >= 11 is 0. The number of hydrogen-bond donors (Lipinski definition) is 3. The molecule has 0 aromatic heterocycles. The Morgan fingerprint density at radius 1 is 1.21 bits per heavy atom. The molecular weight excluding hydrogens is 354 g/mol. The number of hydrogen-bond acceptors (Lipinski definition) is 5. The van der Waals surface area contributed by atoms with Crippen molar-refractivity contribution in [2.75, 3.05) is 12.3 Å². The molecule has 0 heterocycles. The second-order valence-corrected chi connectivity index (χ2v) is 7.97. The largest absolute Gasteiger partial charge is 0.369 e. The highest BCUT2D eigenvalue weighted by Gasteiger charge is 2.29. The molecule has 1 atom stereocenters. The standard InChI is InChI=1S/C15H23N3O4S.ClH/c1-10(2)15(3,9-16)18-14(20)11-4-6-12(7-5-11)23(21,22)8-13(17)19;/h4-7,10H,8-9,16H2,1-3H3,(H2,17,19)(H,18,20);1H. The van der Waals surface area contributed by atoms with E-state index in [1.807, 2.05) is 20.8 Å². The summed E-state index contributed by atoms with van der Waals surface area (Å²) in [5.74, 6) is -1.91. The topological polar surface area (TPSA) is 132 Å². The Morgan fingerprint density at radius 2 is 1.71 bits per heavy atom. The van der Waals surface area contributed by atoms with Crippen molar-refractivity contribution in [1.29, 1.82) is 0 Å². The van der Waals surface area contributed by atoms with Crippen molar-refractivity contribution in [1.82, 2.24) is 5.32 Å². The Bertz CT molecular complexity index is 689. The molecule has 0 spiro atoms. The lowest BCUT2D eigenvalue weighted by molar-refractivity contribution is -0.115. The minimum atomic E-state index is -3.78. The van der Waals surface area contributed by atoms with Crippen LogP contribution in [0.2, 0.25) is 0 Å². The highest BCUT2D eigenvalue weighted by molar-refractivity contribution is 7.92. The van der Waals surface area contributed by atoms with E-state index in [0.717, 1.165) is 0 Å². The molecule has 0 saturated carbocycles. The van der Waals surface area contributed by atoms with E-state index in [4.69, 9.17) is 11.5 Å². The number of nitrogens with two attached hydrogens (primary N) is 2. The maximum Gasteiger partial charge on any atom is 0.251 e. The van der Waals surface area contributed by atoms with Gasteiger partial charge in [-0.25, -0.2) is 8.42 Å². The Hall–Kier alpha value is -1.64. The van der Waals surface area contributed by atoms with Crippen LogP contribution >= 0.6 is 12.4 Å².